The fraction of sp³-hybridized carbons (Fsp3) is 0.500. The van der Waals surface area contributed by atoms with Crippen LogP contribution in [0.2, 0.25) is 0 Å². The molecule has 110 valence electrons. The number of halogens is 2. The van der Waals surface area contributed by atoms with E-state index in [9.17, 15) is 13.6 Å². The summed E-state index contributed by atoms with van der Waals surface area (Å²) in [6.45, 7) is 0.489. The predicted octanol–water partition coefficient (Wildman–Crippen LogP) is 3.76. The van der Waals surface area contributed by atoms with E-state index in [1.54, 1.807) is 0 Å². The summed E-state index contributed by atoms with van der Waals surface area (Å²) in [5.41, 5.74) is -0.409. The van der Waals surface area contributed by atoms with Crippen molar-refractivity contribution in [1.29, 1.82) is 0 Å². The fourth-order valence-corrected chi connectivity index (χ4v) is 3.44. The molecule has 0 atom stereocenters. The number of carbonyl (C=O) groups is 1. The van der Waals surface area contributed by atoms with Gasteiger partial charge in [-0.05, 0) is 25.0 Å². The van der Waals surface area contributed by atoms with Gasteiger partial charge in [-0.15, -0.1) is 0 Å². The second-order valence-electron chi connectivity index (χ2n) is 4.75. The van der Waals surface area contributed by atoms with Crippen LogP contribution in [0.1, 0.15) is 25.7 Å². The van der Waals surface area contributed by atoms with E-state index >= 15 is 0 Å². The van der Waals surface area contributed by atoms with Gasteiger partial charge in [0.15, 0.2) is 0 Å². The number of nitrogens with one attached hydrogen (secondary N) is 2. The molecule has 0 aromatic heterocycles. The highest BCUT2D eigenvalue weighted by atomic mass is 32.2. The molecule has 20 heavy (non-hydrogen) atoms. The average Bonchev–Trinajstić information content (AvgIpc) is 2.92. The average molecular weight is 300 g/mol. The first-order valence-electron chi connectivity index (χ1n) is 6.77. The van der Waals surface area contributed by atoms with Crippen LogP contribution in [-0.4, -0.2) is 23.6 Å². The number of carbonyl (C=O) groups excluding carboxylic acids is 1. The van der Waals surface area contributed by atoms with Gasteiger partial charge in [-0.2, -0.15) is 11.8 Å². The molecule has 0 spiro atoms. The lowest BCUT2D eigenvalue weighted by molar-refractivity contribution is 0.252. The third-order valence-corrected chi connectivity index (χ3v) is 4.63. The molecule has 3 nitrogen and oxygen atoms in total. The molecule has 1 aromatic rings. The Morgan fingerprint density at radius 1 is 1.25 bits per heavy atom. The Balaban J connectivity index is 1.69. The van der Waals surface area contributed by atoms with Crippen molar-refractivity contribution in [2.24, 2.45) is 0 Å². The second kappa shape index (κ2) is 7.47. The molecule has 2 rings (SSSR count). The molecule has 6 heteroatoms. The zero-order valence-corrected chi connectivity index (χ0v) is 11.9. The van der Waals surface area contributed by atoms with E-state index in [2.05, 4.69) is 10.6 Å². The Morgan fingerprint density at radius 3 is 2.55 bits per heavy atom. The highest BCUT2D eigenvalue weighted by Crippen LogP contribution is 2.28. The third kappa shape index (κ3) is 4.37. The lowest BCUT2D eigenvalue weighted by Crippen LogP contribution is -2.31. The predicted molar refractivity (Wildman–Crippen MR) is 78.1 cm³/mol. The summed E-state index contributed by atoms with van der Waals surface area (Å²) < 4.78 is 26.6. The monoisotopic (exact) mass is 300 g/mol. The molecule has 2 amide bonds. The normalized spacial score (nSPS) is 15.3. The Hall–Kier alpha value is -1.30. The maximum Gasteiger partial charge on any atom is 0.319 e. The van der Waals surface area contributed by atoms with Crippen molar-refractivity contribution in [2.45, 2.75) is 30.9 Å². The van der Waals surface area contributed by atoms with Crippen LogP contribution in [0.15, 0.2) is 18.2 Å². The number of amides is 2. The van der Waals surface area contributed by atoms with E-state index in [1.807, 2.05) is 11.8 Å². The van der Waals surface area contributed by atoms with Gasteiger partial charge in [0.05, 0.1) is 0 Å². The van der Waals surface area contributed by atoms with Gasteiger partial charge in [0, 0.05) is 17.5 Å². The van der Waals surface area contributed by atoms with Crippen molar-refractivity contribution in [3.05, 3.63) is 29.8 Å². The number of benzene rings is 1. The van der Waals surface area contributed by atoms with Crippen LogP contribution in [0, 0.1) is 11.6 Å². The number of urea groups is 1. The van der Waals surface area contributed by atoms with E-state index in [4.69, 9.17) is 0 Å². The Morgan fingerprint density at radius 2 is 1.90 bits per heavy atom. The minimum Gasteiger partial charge on any atom is -0.337 e. The van der Waals surface area contributed by atoms with E-state index in [1.165, 1.54) is 31.7 Å². The molecule has 2 N–H and O–H groups in total. The summed E-state index contributed by atoms with van der Waals surface area (Å²) in [4.78, 5) is 11.5. The summed E-state index contributed by atoms with van der Waals surface area (Å²) in [5.74, 6) is -0.737. The van der Waals surface area contributed by atoms with E-state index in [-0.39, 0.29) is 0 Å². The first kappa shape index (κ1) is 15.1. The number of thioether (sulfide) groups is 1. The van der Waals surface area contributed by atoms with Crippen molar-refractivity contribution in [3.63, 3.8) is 0 Å². The van der Waals surface area contributed by atoms with E-state index in [0.717, 1.165) is 17.9 Å². The third-order valence-electron chi connectivity index (χ3n) is 3.24. The van der Waals surface area contributed by atoms with Gasteiger partial charge >= 0.3 is 6.03 Å². The first-order chi connectivity index (χ1) is 9.66. The Bertz CT molecular complexity index is 444. The molecule has 1 aromatic carbocycles. The molecule has 1 fully saturated rings. The highest BCUT2D eigenvalue weighted by Gasteiger charge is 2.15. The minimum absolute atomic E-state index is 0.409. The molecule has 1 aliphatic carbocycles. The van der Waals surface area contributed by atoms with Crippen LogP contribution in [0.5, 0.6) is 0 Å². The largest absolute Gasteiger partial charge is 0.337 e. The maximum absolute atomic E-state index is 13.3. The molecule has 1 saturated carbocycles. The Labute approximate surface area is 121 Å². The highest BCUT2D eigenvalue weighted by molar-refractivity contribution is 7.99. The second-order valence-corrected chi connectivity index (χ2v) is 6.16. The lowest BCUT2D eigenvalue weighted by Gasteiger charge is -2.11. The van der Waals surface area contributed by atoms with Gasteiger partial charge in [0.1, 0.15) is 17.3 Å². The number of rotatable bonds is 5. The number of hydrogen-bond acceptors (Lipinski definition) is 2. The fourth-order valence-electron chi connectivity index (χ4n) is 2.22. The molecular formula is C14H18F2N2OS. The maximum atomic E-state index is 13.3. The summed E-state index contributed by atoms with van der Waals surface area (Å²) in [5, 5.41) is 5.50. The molecule has 0 radical (unpaired) electrons. The van der Waals surface area contributed by atoms with Crippen molar-refractivity contribution in [2.75, 3.05) is 17.6 Å². The molecule has 0 bridgehead atoms. The van der Waals surface area contributed by atoms with Crippen molar-refractivity contribution < 1.29 is 13.6 Å². The molecule has 0 unspecified atom stereocenters. The molecule has 0 heterocycles. The van der Waals surface area contributed by atoms with Gasteiger partial charge in [0.2, 0.25) is 0 Å². The zero-order chi connectivity index (χ0) is 14.4. The summed E-state index contributed by atoms with van der Waals surface area (Å²) in [7, 11) is 0. The molecule has 1 aliphatic rings. The summed E-state index contributed by atoms with van der Waals surface area (Å²) in [6.07, 6.45) is 5.07. The minimum atomic E-state index is -0.777. The van der Waals surface area contributed by atoms with Crippen molar-refractivity contribution in [1.82, 2.24) is 5.32 Å². The van der Waals surface area contributed by atoms with E-state index in [0.29, 0.717) is 11.8 Å². The van der Waals surface area contributed by atoms with Gasteiger partial charge < -0.3 is 10.6 Å². The molecule has 0 aliphatic heterocycles. The standard InChI is InChI=1S/C14H18F2N2OS/c15-11-6-3-7-12(16)13(11)18-14(19)17-8-9-20-10-4-1-2-5-10/h3,6-7,10H,1-2,4-5,8-9H2,(H2,17,18,19). The first-order valence-corrected chi connectivity index (χ1v) is 7.82. The van der Waals surface area contributed by atoms with Crippen LogP contribution in [0.25, 0.3) is 0 Å². The lowest BCUT2D eigenvalue weighted by atomic mass is 10.3. The van der Waals surface area contributed by atoms with Crippen LogP contribution in [0.4, 0.5) is 19.3 Å². The van der Waals surface area contributed by atoms with Crippen LogP contribution < -0.4 is 10.6 Å². The number of para-hydroxylation sites is 1. The number of anilines is 1. The molecular weight excluding hydrogens is 282 g/mol. The summed E-state index contributed by atoms with van der Waals surface area (Å²) in [6, 6.07) is 2.89. The van der Waals surface area contributed by atoms with Crippen LogP contribution in [-0.2, 0) is 0 Å². The van der Waals surface area contributed by atoms with Gasteiger partial charge in [-0.25, -0.2) is 13.6 Å². The topological polar surface area (TPSA) is 41.1 Å². The van der Waals surface area contributed by atoms with Crippen molar-refractivity contribution >= 4 is 23.5 Å². The number of hydrogen-bond donors (Lipinski definition) is 2. The van der Waals surface area contributed by atoms with Gasteiger partial charge in [-0.1, -0.05) is 18.9 Å². The van der Waals surface area contributed by atoms with Crippen LogP contribution in [0.3, 0.4) is 0 Å². The summed E-state index contributed by atoms with van der Waals surface area (Å²) >= 11 is 1.85. The molecule has 0 saturated heterocycles. The SMILES string of the molecule is O=C(NCCSC1CCCC1)Nc1c(F)cccc1F. The Kier molecular flexibility index (Phi) is 5.64. The van der Waals surface area contributed by atoms with E-state index < -0.39 is 23.4 Å². The quantitative estimate of drug-likeness (QED) is 0.813. The van der Waals surface area contributed by atoms with Gasteiger partial charge in [-0.3, -0.25) is 0 Å². The van der Waals surface area contributed by atoms with Crippen LogP contribution >= 0.6 is 11.8 Å². The zero-order valence-electron chi connectivity index (χ0n) is 11.1. The van der Waals surface area contributed by atoms with Crippen molar-refractivity contribution in [3.8, 4) is 0 Å². The van der Waals surface area contributed by atoms with Gasteiger partial charge in [0.25, 0.3) is 0 Å². The smallest absolute Gasteiger partial charge is 0.319 e.